The molecule has 1 N–H and O–H groups in total. The predicted molar refractivity (Wildman–Crippen MR) is 67.3 cm³/mol. The highest BCUT2D eigenvalue weighted by Gasteiger charge is 1.92. The molecular weight excluding hydrogens is 186 g/mol. The average molecular weight is 205 g/mol. The summed E-state index contributed by atoms with van der Waals surface area (Å²) in [7, 11) is 0. The van der Waals surface area contributed by atoms with Gasteiger partial charge in [-0.15, -0.1) is 0 Å². The summed E-state index contributed by atoms with van der Waals surface area (Å²) in [5.41, 5.74) is 0.958. The number of nitrogens with one attached hydrogen (secondary N) is 1. The zero-order chi connectivity index (χ0) is 11.7. The molecule has 2 heteroatoms. The van der Waals surface area contributed by atoms with Gasteiger partial charge in [0.15, 0.2) is 5.43 Å². The lowest BCUT2D eigenvalue weighted by Crippen LogP contribution is -1.98. The molecule has 0 fully saturated rings. The van der Waals surface area contributed by atoms with E-state index in [0.717, 1.165) is 10.9 Å². The molecule has 2 rings (SSSR count). The molecule has 1 aromatic carbocycles. The summed E-state index contributed by atoms with van der Waals surface area (Å²) in [6, 6.07) is 8.99. The topological polar surface area (TPSA) is 32.9 Å². The van der Waals surface area contributed by atoms with Crippen molar-refractivity contribution in [3.05, 3.63) is 46.8 Å². The second-order valence-corrected chi connectivity index (χ2v) is 2.39. The molecule has 0 saturated carbocycles. The van der Waals surface area contributed by atoms with E-state index >= 15 is 0 Å². The second-order valence-electron chi connectivity index (χ2n) is 2.39. The Bertz CT molecular complexity index is 426. The number of benzene rings is 1. The molecule has 0 unspecified atom stereocenters. The summed E-state index contributed by atoms with van der Waals surface area (Å²) in [6.45, 7) is 8.00. The van der Waals surface area contributed by atoms with Crippen LogP contribution in [0.4, 0.5) is 0 Å². The minimum Gasteiger partial charge on any atom is -0.361 e. The minimum atomic E-state index is 0.0688. The van der Waals surface area contributed by atoms with Gasteiger partial charge in [0.1, 0.15) is 0 Å². The van der Waals surface area contributed by atoms with Gasteiger partial charge < -0.3 is 4.98 Å². The van der Waals surface area contributed by atoms with Crippen LogP contribution in [-0.2, 0) is 0 Å². The van der Waals surface area contributed by atoms with Crippen LogP contribution in [0, 0.1) is 0 Å². The maximum atomic E-state index is 11.2. The van der Waals surface area contributed by atoms with Crippen LogP contribution in [0.5, 0.6) is 0 Å². The van der Waals surface area contributed by atoms with E-state index in [2.05, 4.69) is 4.98 Å². The Balaban J connectivity index is 0.000000442. The Morgan fingerprint density at radius 2 is 1.53 bits per heavy atom. The zero-order valence-electron chi connectivity index (χ0n) is 9.87. The van der Waals surface area contributed by atoms with Gasteiger partial charge in [-0.1, -0.05) is 39.8 Å². The lowest BCUT2D eigenvalue weighted by Gasteiger charge is -1.92. The highest BCUT2D eigenvalue weighted by atomic mass is 16.1. The zero-order valence-corrected chi connectivity index (χ0v) is 9.87. The van der Waals surface area contributed by atoms with Crippen molar-refractivity contribution in [2.45, 2.75) is 27.7 Å². The van der Waals surface area contributed by atoms with E-state index in [-0.39, 0.29) is 5.43 Å². The molecule has 15 heavy (non-hydrogen) atoms. The molecule has 1 heterocycles. The van der Waals surface area contributed by atoms with Crippen molar-refractivity contribution in [3.63, 3.8) is 0 Å². The Morgan fingerprint density at radius 3 is 2.13 bits per heavy atom. The Hall–Kier alpha value is -1.57. The lowest BCUT2D eigenvalue weighted by molar-refractivity contribution is 1.39. The number of pyridine rings is 1. The number of aromatic amines is 1. The van der Waals surface area contributed by atoms with Crippen molar-refractivity contribution in [3.8, 4) is 0 Å². The first-order valence-corrected chi connectivity index (χ1v) is 5.44. The largest absolute Gasteiger partial charge is 0.361 e. The molecule has 0 aliphatic rings. The van der Waals surface area contributed by atoms with Gasteiger partial charge in [0.2, 0.25) is 0 Å². The quantitative estimate of drug-likeness (QED) is 0.700. The molecule has 2 nitrogen and oxygen atoms in total. The van der Waals surface area contributed by atoms with Gasteiger partial charge in [0, 0.05) is 23.2 Å². The molecule has 2 aromatic rings. The first kappa shape index (κ1) is 13.4. The number of aromatic nitrogens is 1. The predicted octanol–water partition coefficient (Wildman–Crippen LogP) is 3.58. The fraction of sp³-hybridized carbons (Fsp3) is 0.308. The maximum absolute atomic E-state index is 11.2. The molecule has 0 saturated heterocycles. The summed E-state index contributed by atoms with van der Waals surface area (Å²) >= 11 is 0. The minimum absolute atomic E-state index is 0.0688. The first-order chi connectivity index (χ1) is 7.38. The third-order valence-corrected chi connectivity index (χ3v) is 1.67. The molecule has 82 valence electrons. The Labute approximate surface area is 91.0 Å². The van der Waals surface area contributed by atoms with Crippen LogP contribution in [0.1, 0.15) is 27.7 Å². The van der Waals surface area contributed by atoms with E-state index in [1.165, 1.54) is 6.07 Å². The van der Waals surface area contributed by atoms with E-state index in [1.54, 1.807) is 6.20 Å². The molecule has 0 radical (unpaired) electrons. The van der Waals surface area contributed by atoms with Crippen LogP contribution in [0.2, 0.25) is 0 Å². The van der Waals surface area contributed by atoms with Crippen LogP contribution in [0.25, 0.3) is 10.9 Å². The second kappa shape index (κ2) is 7.80. The normalized spacial score (nSPS) is 8.27. The van der Waals surface area contributed by atoms with Crippen LogP contribution >= 0.6 is 0 Å². The van der Waals surface area contributed by atoms with Crippen molar-refractivity contribution in [1.82, 2.24) is 4.98 Å². The summed E-state index contributed by atoms with van der Waals surface area (Å²) in [5.74, 6) is 0. The molecule has 1 aromatic heterocycles. The van der Waals surface area contributed by atoms with Gasteiger partial charge in [0.05, 0.1) is 0 Å². The van der Waals surface area contributed by atoms with Crippen molar-refractivity contribution in [2.24, 2.45) is 0 Å². The molecular formula is C13H19NO. The summed E-state index contributed by atoms with van der Waals surface area (Å²) in [6.07, 6.45) is 1.66. The number of hydrogen-bond donors (Lipinski definition) is 1. The summed E-state index contributed by atoms with van der Waals surface area (Å²) < 4.78 is 0. The third-order valence-electron chi connectivity index (χ3n) is 1.67. The van der Waals surface area contributed by atoms with Gasteiger partial charge in [-0.3, -0.25) is 4.79 Å². The Morgan fingerprint density at radius 1 is 0.933 bits per heavy atom. The van der Waals surface area contributed by atoms with E-state index in [4.69, 9.17) is 0 Å². The molecule has 0 aliphatic heterocycles. The van der Waals surface area contributed by atoms with Crippen LogP contribution < -0.4 is 5.43 Å². The smallest absolute Gasteiger partial charge is 0.189 e. The van der Waals surface area contributed by atoms with Gasteiger partial charge in [0.25, 0.3) is 0 Å². The number of rotatable bonds is 0. The highest BCUT2D eigenvalue weighted by molar-refractivity contribution is 5.77. The van der Waals surface area contributed by atoms with Crippen molar-refractivity contribution in [1.29, 1.82) is 0 Å². The van der Waals surface area contributed by atoms with Crippen molar-refractivity contribution < 1.29 is 0 Å². The van der Waals surface area contributed by atoms with Gasteiger partial charge >= 0.3 is 0 Å². The molecule has 0 amide bonds. The molecule has 0 bridgehead atoms. The number of hydrogen-bond acceptors (Lipinski definition) is 1. The fourth-order valence-electron chi connectivity index (χ4n) is 1.12. The molecule has 0 atom stereocenters. The van der Waals surface area contributed by atoms with Crippen molar-refractivity contribution >= 4 is 10.9 Å². The van der Waals surface area contributed by atoms with Crippen LogP contribution in [0.3, 0.4) is 0 Å². The summed E-state index contributed by atoms with van der Waals surface area (Å²) in [4.78, 5) is 14.2. The van der Waals surface area contributed by atoms with Crippen LogP contribution in [-0.4, -0.2) is 4.98 Å². The number of H-pyrrole nitrogens is 1. The van der Waals surface area contributed by atoms with Gasteiger partial charge in [-0.05, 0) is 12.1 Å². The van der Waals surface area contributed by atoms with Gasteiger partial charge in [-0.2, -0.15) is 0 Å². The van der Waals surface area contributed by atoms with Gasteiger partial charge in [-0.25, -0.2) is 0 Å². The average Bonchev–Trinajstić information content (AvgIpc) is 2.35. The van der Waals surface area contributed by atoms with E-state index in [9.17, 15) is 4.79 Å². The highest BCUT2D eigenvalue weighted by Crippen LogP contribution is 2.03. The van der Waals surface area contributed by atoms with E-state index < -0.39 is 0 Å². The number of para-hydroxylation sites is 1. The summed E-state index contributed by atoms with van der Waals surface area (Å²) in [5, 5.41) is 0.745. The molecule has 0 spiro atoms. The monoisotopic (exact) mass is 205 g/mol. The maximum Gasteiger partial charge on any atom is 0.189 e. The third kappa shape index (κ3) is 3.58. The van der Waals surface area contributed by atoms with Crippen molar-refractivity contribution in [2.75, 3.05) is 0 Å². The first-order valence-electron chi connectivity index (χ1n) is 5.44. The fourth-order valence-corrected chi connectivity index (χ4v) is 1.12. The van der Waals surface area contributed by atoms with Crippen LogP contribution in [0.15, 0.2) is 41.3 Å². The number of fused-ring (bicyclic) bond motifs is 1. The SMILES string of the molecule is CC.CC.O=c1cc[nH]c2ccccc12. The molecule has 0 aliphatic carbocycles. The van der Waals surface area contributed by atoms with E-state index in [1.807, 2.05) is 52.0 Å². The standard InChI is InChI=1S/C9H7NO.2C2H6/c11-9-5-6-10-8-4-2-1-3-7(8)9;2*1-2/h1-6H,(H,10,11);2*1-2H3. The Kier molecular flexibility index (Phi) is 6.98. The lowest BCUT2D eigenvalue weighted by atomic mass is 10.2. The van der Waals surface area contributed by atoms with E-state index in [0.29, 0.717) is 0 Å².